The Bertz CT molecular complexity index is 444. The summed E-state index contributed by atoms with van der Waals surface area (Å²) < 4.78 is 0. The van der Waals surface area contributed by atoms with E-state index in [-0.39, 0.29) is 12.0 Å². The molecular weight excluding hydrogens is 238 g/mol. The van der Waals surface area contributed by atoms with Crippen molar-refractivity contribution in [3.8, 4) is 0 Å². The van der Waals surface area contributed by atoms with Crippen LogP contribution in [0.1, 0.15) is 36.8 Å². The van der Waals surface area contributed by atoms with Gasteiger partial charge in [-0.05, 0) is 37.9 Å². The zero-order valence-corrected chi connectivity index (χ0v) is 11.8. The van der Waals surface area contributed by atoms with Crippen molar-refractivity contribution in [2.75, 3.05) is 7.05 Å². The van der Waals surface area contributed by atoms with Crippen LogP contribution >= 0.6 is 0 Å². The zero-order valence-electron chi connectivity index (χ0n) is 11.8. The van der Waals surface area contributed by atoms with Gasteiger partial charge in [0.1, 0.15) is 0 Å². The number of benzene rings is 1. The normalized spacial score (nSPS) is 23.5. The van der Waals surface area contributed by atoms with Crippen molar-refractivity contribution in [2.45, 2.75) is 45.2 Å². The largest absolute Gasteiger partial charge is 0.481 e. The summed E-state index contributed by atoms with van der Waals surface area (Å²) in [6.45, 7) is 2.94. The van der Waals surface area contributed by atoms with E-state index in [2.05, 4.69) is 31.0 Å². The van der Waals surface area contributed by atoms with Crippen LogP contribution < -0.4 is 0 Å². The van der Waals surface area contributed by atoms with Crippen molar-refractivity contribution in [3.05, 3.63) is 35.4 Å². The molecule has 0 aliphatic heterocycles. The fourth-order valence-corrected chi connectivity index (χ4v) is 3.10. The highest BCUT2D eigenvalue weighted by molar-refractivity contribution is 5.71. The van der Waals surface area contributed by atoms with Crippen molar-refractivity contribution in [3.63, 3.8) is 0 Å². The molecule has 1 aliphatic rings. The second-order valence-corrected chi connectivity index (χ2v) is 5.64. The monoisotopic (exact) mass is 261 g/mol. The van der Waals surface area contributed by atoms with Gasteiger partial charge in [-0.25, -0.2) is 0 Å². The quantitative estimate of drug-likeness (QED) is 0.905. The molecule has 2 unspecified atom stereocenters. The molecule has 0 amide bonds. The molecule has 1 N–H and O–H groups in total. The highest BCUT2D eigenvalue weighted by Gasteiger charge is 2.33. The van der Waals surface area contributed by atoms with Gasteiger partial charge in [-0.3, -0.25) is 9.69 Å². The van der Waals surface area contributed by atoms with Crippen molar-refractivity contribution in [2.24, 2.45) is 5.92 Å². The maximum atomic E-state index is 11.4. The lowest BCUT2D eigenvalue weighted by atomic mass is 9.83. The molecule has 0 aromatic heterocycles. The Morgan fingerprint density at radius 3 is 2.68 bits per heavy atom. The van der Waals surface area contributed by atoms with E-state index in [4.69, 9.17) is 0 Å². The van der Waals surface area contributed by atoms with Crippen LogP contribution in [0.5, 0.6) is 0 Å². The zero-order chi connectivity index (χ0) is 13.8. The van der Waals surface area contributed by atoms with Crippen LogP contribution in [0.2, 0.25) is 0 Å². The van der Waals surface area contributed by atoms with E-state index < -0.39 is 5.97 Å². The maximum absolute atomic E-state index is 11.4. The topological polar surface area (TPSA) is 40.5 Å². The van der Waals surface area contributed by atoms with E-state index in [1.807, 2.05) is 12.1 Å². The highest BCUT2D eigenvalue weighted by atomic mass is 16.4. The van der Waals surface area contributed by atoms with Crippen molar-refractivity contribution < 1.29 is 9.90 Å². The van der Waals surface area contributed by atoms with Gasteiger partial charge in [0.2, 0.25) is 0 Å². The molecule has 0 spiro atoms. The third-order valence-electron chi connectivity index (χ3n) is 4.29. The smallest absolute Gasteiger partial charge is 0.308 e. The lowest BCUT2D eigenvalue weighted by molar-refractivity contribution is -0.145. The minimum absolute atomic E-state index is 0.172. The van der Waals surface area contributed by atoms with E-state index >= 15 is 0 Å². The Hall–Kier alpha value is -1.35. The van der Waals surface area contributed by atoms with E-state index in [9.17, 15) is 9.90 Å². The van der Waals surface area contributed by atoms with Gasteiger partial charge in [0.15, 0.2) is 0 Å². The van der Waals surface area contributed by atoms with Crippen LogP contribution in [0.3, 0.4) is 0 Å². The van der Waals surface area contributed by atoms with Crippen LogP contribution in [0.15, 0.2) is 24.3 Å². The number of rotatable bonds is 4. The van der Waals surface area contributed by atoms with Gasteiger partial charge >= 0.3 is 5.97 Å². The fourth-order valence-electron chi connectivity index (χ4n) is 3.10. The first-order valence-corrected chi connectivity index (χ1v) is 7.07. The molecule has 0 radical (unpaired) electrons. The third-order valence-corrected chi connectivity index (χ3v) is 4.29. The van der Waals surface area contributed by atoms with Gasteiger partial charge in [-0.2, -0.15) is 0 Å². The third kappa shape index (κ3) is 3.35. The van der Waals surface area contributed by atoms with Gasteiger partial charge in [0, 0.05) is 12.6 Å². The second-order valence-electron chi connectivity index (χ2n) is 5.64. The predicted octanol–water partition coefficient (Wildman–Crippen LogP) is 3.07. The van der Waals surface area contributed by atoms with Gasteiger partial charge in [0.25, 0.3) is 0 Å². The molecule has 2 rings (SSSR count). The molecular formula is C16H23NO2. The minimum Gasteiger partial charge on any atom is -0.481 e. The van der Waals surface area contributed by atoms with Crippen molar-refractivity contribution >= 4 is 5.97 Å². The Morgan fingerprint density at radius 2 is 2.00 bits per heavy atom. The number of aliphatic carboxylic acids is 1. The van der Waals surface area contributed by atoms with Crippen molar-refractivity contribution in [1.29, 1.82) is 0 Å². The second kappa shape index (κ2) is 6.20. The standard InChI is InChI=1S/C16H23NO2/c1-12-7-3-4-8-13(12)11-17(2)15-10-6-5-9-14(15)16(18)19/h3-4,7-8,14-15H,5-6,9-11H2,1-2H3,(H,18,19). The molecule has 19 heavy (non-hydrogen) atoms. The molecule has 0 bridgehead atoms. The Kier molecular flexibility index (Phi) is 4.59. The summed E-state index contributed by atoms with van der Waals surface area (Å²) in [6.07, 6.45) is 4.01. The Morgan fingerprint density at radius 1 is 1.32 bits per heavy atom. The van der Waals surface area contributed by atoms with Crippen LogP contribution in [-0.4, -0.2) is 29.1 Å². The number of hydrogen-bond acceptors (Lipinski definition) is 2. The summed E-state index contributed by atoms with van der Waals surface area (Å²) >= 11 is 0. The summed E-state index contributed by atoms with van der Waals surface area (Å²) in [5.74, 6) is -0.843. The molecule has 0 saturated heterocycles. The van der Waals surface area contributed by atoms with Crippen LogP contribution in [0.4, 0.5) is 0 Å². The van der Waals surface area contributed by atoms with E-state index in [0.29, 0.717) is 0 Å². The number of carboxylic acids is 1. The van der Waals surface area contributed by atoms with E-state index in [1.54, 1.807) is 0 Å². The molecule has 3 nitrogen and oxygen atoms in total. The molecule has 1 saturated carbocycles. The van der Waals surface area contributed by atoms with E-state index in [1.165, 1.54) is 11.1 Å². The minimum atomic E-state index is -0.638. The lowest BCUT2D eigenvalue weighted by Gasteiger charge is -2.36. The first kappa shape index (κ1) is 14.1. The number of carbonyl (C=O) groups is 1. The van der Waals surface area contributed by atoms with Crippen LogP contribution in [0, 0.1) is 12.8 Å². The number of nitrogens with zero attached hydrogens (tertiary/aromatic N) is 1. The molecule has 1 aromatic rings. The molecule has 1 aromatic carbocycles. The SMILES string of the molecule is Cc1ccccc1CN(C)C1CCCCC1C(=O)O. The lowest BCUT2D eigenvalue weighted by Crippen LogP contribution is -2.43. The molecule has 1 fully saturated rings. The summed E-state index contributed by atoms with van der Waals surface area (Å²) in [5.41, 5.74) is 2.57. The fraction of sp³-hybridized carbons (Fsp3) is 0.562. The average molecular weight is 261 g/mol. The van der Waals surface area contributed by atoms with Gasteiger partial charge in [-0.1, -0.05) is 37.1 Å². The molecule has 1 aliphatic carbocycles. The summed E-state index contributed by atoms with van der Waals surface area (Å²) in [7, 11) is 2.05. The predicted molar refractivity (Wildman–Crippen MR) is 76.0 cm³/mol. The molecule has 104 valence electrons. The Labute approximate surface area is 115 Å². The van der Waals surface area contributed by atoms with Gasteiger partial charge in [-0.15, -0.1) is 0 Å². The van der Waals surface area contributed by atoms with Gasteiger partial charge in [0.05, 0.1) is 5.92 Å². The molecule has 0 heterocycles. The summed E-state index contributed by atoms with van der Waals surface area (Å²) in [5, 5.41) is 9.35. The first-order chi connectivity index (χ1) is 9.09. The Balaban J connectivity index is 2.07. The summed E-state index contributed by atoms with van der Waals surface area (Å²) in [6, 6.07) is 8.50. The van der Waals surface area contributed by atoms with Gasteiger partial charge < -0.3 is 5.11 Å². The molecule has 3 heteroatoms. The number of hydrogen-bond donors (Lipinski definition) is 1. The number of aryl methyl sites for hydroxylation is 1. The summed E-state index contributed by atoms with van der Waals surface area (Å²) in [4.78, 5) is 13.6. The maximum Gasteiger partial charge on any atom is 0.308 e. The van der Waals surface area contributed by atoms with Crippen LogP contribution in [0.25, 0.3) is 0 Å². The average Bonchev–Trinajstić information content (AvgIpc) is 2.41. The number of carboxylic acid groups (broad SMARTS) is 1. The highest BCUT2D eigenvalue weighted by Crippen LogP contribution is 2.29. The first-order valence-electron chi connectivity index (χ1n) is 7.07. The molecule has 2 atom stereocenters. The van der Waals surface area contributed by atoms with E-state index in [0.717, 1.165) is 32.2 Å². The van der Waals surface area contributed by atoms with Crippen molar-refractivity contribution in [1.82, 2.24) is 4.90 Å². The van der Waals surface area contributed by atoms with Crippen LogP contribution in [-0.2, 0) is 11.3 Å².